The van der Waals surface area contributed by atoms with Crippen LogP contribution in [0.25, 0.3) is 11.5 Å². The Hall–Kier alpha value is -3.63. The fraction of sp³-hybridized carbons (Fsp3) is 0.250. The van der Waals surface area contributed by atoms with Crippen molar-refractivity contribution in [1.29, 1.82) is 0 Å². The quantitative estimate of drug-likeness (QED) is 0.365. The number of carbonyl (C=O) groups excluding carboxylic acids is 1. The third-order valence-corrected chi connectivity index (χ3v) is 3.72. The van der Waals surface area contributed by atoms with Crippen molar-refractivity contribution in [3.63, 3.8) is 0 Å². The van der Waals surface area contributed by atoms with Crippen molar-refractivity contribution < 1.29 is 23.3 Å². The molecule has 0 atom stereocenters. The number of ether oxygens (including phenoxy) is 1. The number of carbonyl (C=O) groups is 1. The number of benzene rings is 1. The number of aryl methyl sites for hydroxylation is 1. The molecule has 1 aromatic carbocycles. The minimum absolute atomic E-state index is 0.0574. The SMILES string of the molecule is Cc1nn(CC(=O)OCc2nnc(-c3ccc(F)cc3)o2)c(C)c1[N+](=O)[O-]. The van der Waals surface area contributed by atoms with Crippen molar-refractivity contribution in [2.45, 2.75) is 27.0 Å². The average molecular weight is 375 g/mol. The van der Waals surface area contributed by atoms with Crippen molar-refractivity contribution in [3.8, 4) is 11.5 Å². The molecule has 0 unspecified atom stereocenters. The van der Waals surface area contributed by atoms with Crippen LogP contribution in [0.2, 0.25) is 0 Å². The van der Waals surface area contributed by atoms with Crippen LogP contribution in [-0.4, -0.2) is 30.9 Å². The van der Waals surface area contributed by atoms with Gasteiger partial charge in [0.05, 0.1) is 4.92 Å². The minimum atomic E-state index is -0.669. The van der Waals surface area contributed by atoms with Crippen LogP contribution < -0.4 is 0 Å². The molecule has 2 aromatic heterocycles. The van der Waals surface area contributed by atoms with Gasteiger partial charge in [-0.1, -0.05) is 0 Å². The molecule has 0 saturated carbocycles. The average Bonchev–Trinajstić information content (AvgIpc) is 3.18. The molecule has 0 fully saturated rings. The van der Waals surface area contributed by atoms with Crippen LogP contribution in [0.1, 0.15) is 17.3 Å². The van der Waals surface area contributed by atoms with E-state index < -0.39 is 16.7 Å². The first-order valence-corrected chi connectivity index (χ1v) is 7.77. The zero-order valence-electron chi connectivity index (χ0n) is 14.4. The monoisotopic (exact) mass is 375 g/mol. The van der Waals surface area contributed by atoms with E-state index in [4.69, 9.17) is 9.15 Å². The van der Waals surface area contributed by atoms with Crippen LogP contribution in [0, 0.1) is 29.8 Å². The topological polar surface area (TPSA) is 126 Å². The van der Waals surface area contributed by atoms with Crippen molar-refractivity contribution in [3.05, 3.63) is 57.5 Å². The molecule has 10 nitrogen and oxygen atoms in total. The van der Waals surface area contributed by atoms with Gasteiger partial charge in [-0.15, -0.1) is 10.2 Å². The van der Waals surface area contributed by atoms with E-state index in [1.165, 1.54) is 42.8 Å². The van der Waals surface area contributed by atoms with Gasteiger partial charge < -0.3 is 9.15 Å². The molecule has 11 heteroatoms. The molecule has 140 valence electrons. The summed E-state index contributed by atoms with van der Waals surface area (Å²) in [7, 11) is 0. The van der Waals surface area contributed by atoms with Crippen molar-refractivity contribution in [2.24, 2.45) is 0 Å². The Morgan fingerprint density at radius 1 is 1.30 bits per heavy atom. The van der Waals surface area contributed by atoms with Crippen LogP contribution in [0.4, 0.5) is 10.1 Å². The van der Waals surface area contributed by atoms with E-state index in [9.17, 15) is 19.3 Å². The summed E-state index contributed by atoms with van der Waals surface area (Å²) in [4.78, 5) is 22.4. The second-order valence-corrected chi connectivity index (χ2v) is 5.60. The van der Waals surface area contributed by atoms with E-state index in [0.717, 1.165) is 0 Å². The first kappa shape index (κ1) is 18.2. The fourth-order valence-electron chi connectivity index (χ4n) is 2.44. The molecule has 0 saturated heterocycles. The summed E-state index contributed by atoms with van der Waals surface area (Å²) in [6.45, 7) is 2.43. The van der Waals surface area contributed by atoms with Gasteiger partial charge in [-0.25, -0.2) is 4.39 Å². The van der Waals surface area contributed by atoms with Crippen LogP contribution in [0.5, 0.6) is 0 Å². The molecule has 3 aromatic rings. The number of esters is 1. The summed E-state index contributed by atoms with van der Waals surface area (Å²) in [5, 5.41) is 22.5. The third kappa shape index (κ3) is 3.97. The summed E-state index contributed by atoms with van der Waals surface area (Å²) in [6.07, 6.45) is 0. The molecule has 0 N–H and O–H groups in total. The first-order chi connectivity index (χ1) is 12.8. The maximum Gasteiger partial charge on any atom is 0.328 e. The van der Waals surface area contributed by atoms with Gasteiger partial charge in [-0.3, -0.25) is 19.6 Å². The highest BCUT2D eigenvalue weighted by Gasteiger charge is 2.23. The fourth-order valence-corrected chi connectivity index (χ4v) is 2.44. The molecule has 0 amide bonds. The van der Waals surface area contributed by atoms with Crippen molar-refractivity contribution >= 4 is 11.7 Å². The van der Waals surface area contributed by atoms with Crippen LogP contribution in [0.3, 0.4) is 0 Å². The largest absolute Gasteiger partial charge is 0.454 e. The number of hydrogen-bond donors (Lipinski definition) is 0. The highest BCUT2D eigenvalue weighted by atomic mass is 19.1. The van der Waals surface area contributed by atoms with Gasteiger partial charge in [0.15, 0.2) is 6.61 Å². The van der Waals surface area contributed by atoms with Gasteiger partial charge in [0.1, 0.15) is 23.7 Å². The predicted molar refractivity (Wildman–Crippen MR) is 87.8 cm³/mol. The lowest BCUT2D eigenvalue weighted by Crippen LogP contribution is -2.15. The molecule has 0 spiro atoms. The third-order valence-electron chi connectivity index (χ3n) is 3.72. The zero-order valence-corrected chi connectivity index (χ0v) is 14.4. The number of nitrogens with zero attached hydrogens (tertiary/aromatic N) is 5. The molecular weight excluding hydrogens is 361 g/mol. The Bertz CT molecular complexity index is 995. The van der Waals surface area contributed by atoms with E-state index in [1.807, 2.05) is 0 Å². The Labute approximate surface area is 151 Å². The lowest BCUT2D eigenvalue weighted by molar-refractivity contribution is -0.386. The number of rotatable bonds is 6. The molecule has 2 heterocycles. The lowest BCUT2D eigenvalue weighted by Gasteiger charge is -2.03. The van der Waals surface area contributed by atoms with Gasteiger partial charge in [0.2, 0.25) is 5.89 Å². The molecule has 3 rings (SSSR count). The van der Waals surface area contributed by atoms with Gasteiger partial charge >= 0.3 is 11.7 Å². The molecule has 0 bridgehead atoms. The smallest absolute Gasteiger partial charge is 0.328 e. The molecule has 27 heavy (non-hydrogen) atoms. The number of nitro groups is 1. The summed E-state index contributed by atoms with van der Waals surface area (Å²) in [5.74, 6) is -0.842. The Kier molecular flexibility index (Phi) is 4.92. The molecule has 0 aliphatic carbocycles. The zero-order chi connectivity index (χ0) is 19.6. The molecule has 0 aliphatic rings. The van der Waals surface area contributed by atoms with E-state index >= 15 is 0 Å². The van der Waals surface area contributed by atoms with Gasteiger partial charge in [0.25, 0.3) is 5.89 Å². The van der Waals surface area contributed by atoms with E-state index in [0.29, 0.717) is 5.56 Å². The standard InChI is InChI=1S/C16H14FN5O5/c1-9-15(22(24)25)10(2)21(20-9)7-14(23)26-8-13-18-19-16(27-13)11-3-5-12(17)6-4-11/h3-6H,7-8H2,1-2H3. The maximum absolute atomic E-state index is 12.9. The predicted octanol–water partition coefficient (Wildman–Crippen LogP) is 2.34. The molecular formula is C16H14FN5O5. The Morgan fingerprint density at radius 3 is 2.63 bits per heavy atom. The maximum atomic E-state index is 12.9. The van der Waals surface area contributed by atoms with Crippen LogP contribution >= 0.6 is 0 Å². The van der Waals surface area contributed by atoms with E-state index in [2.05, 4.69) is 15.3 Å². The Morgan fingerprint density at radius 2 is 2.00 bits per heavy atom. The normalized spacial score (nSPS) is 10.8. The lowest BCUT2D eigenvalue weighted by atomic mass is 10.2. The summed E-state index contributed by atoms with van der Waals surface area (Å²) in [5.41, 5.74) is 0.858. The van der Waals surface area contributed by atoms with Gasteiger partial charge in [0, 0.05) is 5.56 Å². The molecule has 0 aliphatic heterocycles. The number of halogens is 1. The Balaban J connectivity index is 1.61. The highest BCUT2D eigenvalue weighted by Crippen LogP contribution is 2.22. The summed E-state index contributed by atoms with van der Waals surface area (Å²) < 4.78 is 24.5. The van der Waals surface area contributed by atoms with Crippen LogP contribution in [0.15, 0.2) is 28.7 Å². The van der Waals surface area contributed by atoms with Crippen LogP contribution in [-0.2, 0) is 22.7 Å². The highest BCUT2D eigenvalue weighted by molar-refractivity contribution is 5.69. The van der Waals surface area contributed by atoms with Gasteiger partial charge in [-0.2, -0.15) is 5.10 Å². The first-order valence-electron chi connectivity index (χ1n) is 7.77. The van der Waals surface area contributed by atoms with Crippen molar-refractivity contribution in [1.82, 2.24) is 20.0 Å². The summed E-state index contributed by atoms with van der Waals surface area (Å²) >= 11 is 0. The molecule has 0 radical (unpaired) electrons. The van der Waals surface area contributed by atoms with E-state index in [1.54, 1.807) is 0 Å². The minimum Gasteiger partial charge on any atom is -0.454 e. The van der Waals surface area contributed by atoms with Crippen molar-refractivity contribution in [2.75, 3.05) is 0 Å². The second kappa shape index (κ2) is 7.32. The van der Waals surface area contributed by atoms with Gasteiger partial charge in [-0.05, 0) is 38.1 Å². The summed E-state index contributed by atoms with van der Waals surface area (Å²) in [6, 6.07) is 5.47. The van der Waals surface area contributed by atoms with E-state index in [-0.39, 0.29) is 42.0 Å². The number of aromatic nitrogens is 4. The second-order valence-electron chi connectivity index (χ2n) is 5.60. The number of hydrogen-bond acceptors (Lipinski definition) is 8.